The van der Waals surface area contributed by atoms with Gasteiger partial charge in [0.25, 0.3) is 5.91 Å². The number of carbonyl (C=O) groups excluding carboxylic acids is 2. The van der Waals surface area contributed by atoms with Gasteiger partial charge in [0, 0.05) is 37.8 Å². The molecule has 1 saturated heterocycles. The molecule has 1 aromatic heterocycles. The third kappa shape index (κ3) is 4.74. The van der Waals surface area contributed by atoms with Gasteiger partial charge in [0.1, 0.15) is 5.82 Å². The second kappa shape index (κ2) is 7.64. The van der Waals surface area contributed by atoms with Gasteiger partial charge in [-0.15, -0.1) is 0 Å². The fraction of sp³-hybridized carbons (Fsp3) is 0.650. The zero-order valence-electron chi connectivity index (χ0n) is 15.6. The van der Waals surface area contributed by atoms with E-state index in [9.17, 15) is 9.59 Å². The summed E-state index contributed by atoms with van der Waals surface area (Å²) in [5, 5.41) is 3.29. The number of likely N-dealkylation sites (N-methyl/N-ethyl adjacent to an activating group) is 1. The second-order valence-corrected chi connectivity index (χ2v) is 8.22. The molecule has 6 nitrogen and oxygen atoms in total. The van der Waals surface area contributed by atoms with E-state index in [2.05, 4.69) is 31.1 Å². The van der Waals surface area contributed by atoms with Gasteiger partial charge >= 0.3 is 0 Å². The van der Waals surface area contributed by atoms with Crippen LogP contribution in [0.4, 0.5) is 5.82 Å². The highest BCUT2D eigenvalue weighted by Gasteiger charge is 2.37. The second-order valence-electron chi connectivity index (χ2n) is 8.22. The molecule has 6 heteroatoms. The minimum atomic E-state index is -0.0701. The SMILES string of the molecule is C.CN(C(=O)C1CC1)[C@H]1CCN(C(=O)c2ccc(NC(C)(C)C)nc2)C1. The summed E-state index contributed by atoms with van der Waals surface area (Å²) >= 11 is 0. The maximum absolute atomic E-state index is 12.7. The summed E-state index contributed by atoms with van der Waals surface area (Å²) in [6.45, 7) is 7.50. The highest BCUT2D eigenvalue weighted by molar-refractivity contribution is 5.94. The third-order valence-corrected chi connectivity index (χ3v) is 4.79. The number of nitrogens with zero attached hydrogens (tertiary/aromatic N) is 3. The summed E-state index contributed by atoms with van der Waals surface area (Å²) in [7, 11) is 1.87. The summed E-state index contributed by atoms with van der Waals surface area (Å²) in [5.74, 6) is 1.21. The average Bonchev–Trinajstić information content (AvgIpc) is 3.29. The molecule has 0 aromatic carbocycles. The summed E-state index contributed by atoms with van der Waals surface area (Å²) in [6, 6.07) is 3.79. The predicted octanol–water partition coefficient (Wildman–Crippen LogP) is 3.01. The molecule has 0 radical (unpaired) electrons. The fourth-order valence-electron chi connectivity index (χ4n) is 3.20. The number of amides is 2. The van der Waals surface area contributed by atoms with Crippen molar-refractivity contribution in [1.29, 1.82) is 0 Å². The Morgan fingerprint density at radius 2 is 1.92 bits per heavy atom. The van der Waals surface area contributed by atoms with Crippen molar-refractivity contribution >= 4 is 17.6 Å². The van der Waals surface area contributed by atoms with Crippen LogP contribution in [0.2, 0.25) is 0 Å². The lowest BCUT2D eigenvalue weighted by molar-refractivity contribution is -0.133. The summed E-state index contributed by atoms with van der Waals surface area (Å²) in [6.07, 6.45) is 4.50. The molecule has 1 atom stereocenters. The van der Waals surface area contributed by atoms with Gasteiger partial charge in [-0.25, -0.2) is 4.98 Å². The number of aromatic nitrogens is 1. The summed E-state index contributed by atoms with van der Waals surface area (Å²) in [4.78, 5) is 32.9. The molecule has 3 rings (SSSR count). The van der Waals surface area contributed by atoms with Crippen LogP contribution >= 0.6 is 0 Å². The van der Waals surface area contributed by atoms with Gasteiger partial charge in [-0.1, -0.05) is 7.43 Å². The number of hydrogen-bond acceptors (Lipinski definition) is 4. The standard InChI is InChI=1S/C19H28N4O2.CH4/c1-19(2,3)21-16-8-7-14(11-20-16)18(25)23-10-9-15(12-23)22(4)17(24)13-5-6-13;/h7-8,11,13,15H,5-6,9-10,12H2,1-4H3,(H,20,21);1H4/t15-;/m0./s1. The highest BCUT2D eigenvalue weighted by Crippen LogP contribution is 2.32. The topological polar surface area (TPSA) is 65.5 Å². The van der Waals surface area contributed by atoms with Crippen LogP contribution in [-0.2, 0) is 4.79 Å². The molecule has 2 amide bonds. The van der Waals surface area contributed by atoms with Crippen molar-refractivity contribution in [2.45, 2.75) is 59.0 Å². The van der Waals surface area contributed by atoms with Gasteiger partial charge < -0.3 is 15.1 Å². The Balaban J connectivity index is 0.00000243. The summed E-state index contributed by atoms with van der Waals surface area (Å²) < 4.78 is 0. The van der Waals surface area contributed by atoms with E-state index in [0.717, 1.165) is 25.1 Å². The van der Waals surface area contributed by atoms with E-state index < -0.39 is 0 Å². The molecule has 1 aliphatic heterocycles. The largest absolute Gasteiger partial charge is 0.365 e. The van der Waals surface area contributed by atoms with Gasteiger partial charge in [0.2, 0.25) is 5.91 Å². The minimum absolute atomic E-state index is 0. The first-order valence-electron chi connectivity index (χ1n) is 9.05. The molecule has 1 aliphatic carbocycles. The molecule has 2 fully saturated rings. The summed E-state index contributed by atoms with van der Waals surface area (Å²) in [5.41, 5.74) is 0.524. The molecule has 1 aromatic rings. The first-order valence-corrected chi connectivity index (χ1v) is 9.05. The van der Waals surface area contributed by atoms with E-state index in [1.165, 1.54) is 0 Å². The Kier molecular flexibility index (Phi) is 5.94. The molecule has 2 aliphatic rings. The van der Waals surface area contributed by atoms with Gasteiger partial charge in [-0.3, -0.25) is 9.59 Å². The van der Waals surface area contributed by atoms with Gasteiger partial charge in [0.15, 0.2) is 0 Å². The van der Waals surface area contributed by atoms with Crippen LogP contribution < -0.4 is 5.32 Å². The van der Waals surface area contributed by atoms with Crippen molar-refractivity contribution in [3.8, 4) is 0 Å². The Morgan fingerprint density at radius 1 is 1.23 bits per heavy atom. The molecule has 1 saturated carbocycles. The highest BCUT2D eigenvalue weighted by atomic mass is 16.2. The maximum atomic E-state index is 12.7. The lowest BCUT2D eigenvalue weighted by atomic mass is 10.1. The maximum Gasteiger partial charge on any atom is 0.255 e. The van der Waals surface area contributed by atoms with E-state index in [0.29, 0.717) is 18.7 Å². The average molecular weight is 361 g/mol. The van der Waals surface area contributed by atoms with Crippen molar-refractivity contribution in [3.05, 3.63) is 23.9 Å². The van der Waals surface area contributed by atoms with Crippen LogP contribution in [0.1, 0.15) is 57.8 Å². The number of hydrogen-bond donors (Lipinski definition) is 1. The molecule has 0 bridgehead atoms. The van der Waals surface area contributed by atoms with E-state index in [1.54, 1.807) is 6.20 Å². The van der Waals surface area contributed by atoms with Crippen LogP contribution in [0.25, 0.3) is 0 Å². The Labute approximate surface area is 157 Å². The number of anilines is 1. The van der Waals surface area contributed by atoms with Crippen LogP contribution in [0.3, 0.4) is 0 Å². The smallest absolute Gasteiger partial charge is 0.255 e. The molecule has 0 unspecified atom stereocenters. The van der Waals surface area contributed by atoms with E-state index in [-0.39, 0.29) is 36.7 Å². The first-order chi connectivity index (χ1) is 11.7. The Morgan fingerprint density at radius 3 is 2.46 bits per heavy atom. The van der Waals surface area contributed by atoms with Crippen LogP contribution in [0, 0.1) is 5.92 Å². The Bertz CT molecular complexity index is 647. The lowest BCUT2D eigenvalue weighted by Crippen LogP contribution is -2.40. The number of nitrogens with one attached hydrogen (secondary N) is 1. The molecular weight excluding hydrogens is 328 g/mol. The molecular formula is C20H32N4O2. The molecule has 1 N–H and O–H groups in total. The zero-order valence-corrected chi connectivity index (χ0v) is 15.6. The van der Waals surface area contributed by atoms with Crippen LogP contribution in [0.5, 0.6) is 0 Å². The zero-order chi connectivity index (χ0) is 18.2. The van der Waals surface area contributed by atoms with Crippen molar-refractivity contribution in [2.24, 2.45) is 5.92 Å². The van der Waals surface area contributed by atoms with Gasteiger partial charge in [-0.05, 0) is 52.2 Å². The quantitative estimate of drug-likeness (QED) is 0.896. The first kappa shape index (κ1) is 20.2. The lowest BCUT2D eigenvalue weighted by Gasteiger charge is -2.25. The van der Waals surface area contributed by atoms with Gasteiger partial charge in [-0.2, -0.15) is 0 Å². The van der Waals surface area contributed by atoms with E-state index in [1.807, 2.05) is 29.0 Å². The predicted molar refractivity (Wildman–Crippen MR) is 104 cm³/mol. The van der Waals surface area contributed by atoms with Crippen molar-refractivity contribution < 1.29 is 9.59 Å². The normalized spacial score (nSPS) is 19.7. The van der Waals surface area contributed by atoms with Crippen molar-refractivity contribution in [2.75, 3.05) is 25.5 Å². The van der Waals surface area contributed by atoms with Crippen LogP contribution in [0.15, 0.2) is 18.3 Å². The van der Waals surface area contributed by atoms with Crippen LogP contribution in [-0.4, -0.2) is 58.3 Å². The van der Waals surface area contributed by atoms with E-state index >= 15 is 0 Å². The minimum Gasteiger partial charge on any atom is -0.365 e. The monoisotopic (exact) mass is 360 g/mol. The number of rotatable bonds is 4. The van der Waals surface area contributed by atoms with Gasteiger partial charge in [0.05, 0.1) is 11.6 Å². The van der Waals surface area contributed by atoms with Crippen molar-refractivity contribution in [3.63, 3.8) is 0 Å². The molecule has 144 valence electrons. The number of carbonyl (C=O) groups is 2. The molecule has 26 heavy (non-hydrogen) atoms. The fourth-order valence-corrected chi connectivity index (χ4v) is 3.20. The number of likely N-dealkylation sites (tertiary alicyclic amines) is 1. The third-order valence-electron chi connectivity index (χ3n) is 4.79. The Hall–Kier alpha value is -2.11. The number of pyridine rings is 1. The van der Waals surface area contributed by atoms with E-state index in [4.69, 9.17) is 0 Å². The molecule has 0 spiro atoms. The molecule has 2 heterocycles. The van der Waals surface area contributed by atoms with Crippen molar-refractivity contribution in [1.82, 2.24) is 14.8 Å².